The number of benzene rings is 3. The van der Waals surface area contributed by atoms with Crippen LogP contribution in [0.25, 0.3) is 22.3 Å². The Bertz CT molecular complexity index is 2040. The van der Waals surface area contributed by atoms with Crippen LogP contribution in [-0.2, 0) is 22.6 Å². The maximum Gasteiger partial charge on any atom is 0.303 e. The number of aromatic amines is 2. The monoisotopic (exact) mass is 658 g/mol. The third-order valence-electron chi connectivity index (χ3n) is 8.46. The Morgan fingerprint density at radius 1 is 1.10 bits per heavy atom. The summed E-state index contributed by atoms with van der Waals surface area (Å²) in [6.07, 6.45) is 5.56. The number of carbonyl (C=O) groups is 2. The van der Waals surface area contributed by atoms with Crippen LogP contribution in [0, 0.1) is 17.5 Å². The molecule has 48 heavy (non-hydrogen) atoms. The van der Waals surface area contributed by atoms with Gasteiger partial charge in [0.15, 0.2) is 17.3 Å². The van der Waals surface area contributed by atoms with Gasteiger partial charge in [0.25, 0.3) is 0 Å². The molecule has 0 saturated heterocycles. The molecule has 10 nitrogen and oxygen atoms in total. The van der Waals surface area contributed by atoms with Crippen molar-refractivity contribution in [2.45, 2.75) is 51.0 Å². The minimum absolute atomic E-state index is 0.00551. The number of rotatable bonds is 4. The van der Waals surface area contributed by atoms with Crippen LogP contribution in [0.2, 0.25) is 0 Å². The first kappa shape index (κ1) is 32.4. The number of aliphatic carboxylic acids is 1. The summed E-state index contributed by atoms with van der Waals surface area (Å²) in [5, 5.41) is 10.9. The summed E-state index contributed by atoms with van der Waals surface area (Å²) in [7, 11) is 0. The summed E-state index contributed by atoms with van der Waals surface area (Å²) in [5.41, 5.74) is 7.97. The van der Waals surface area contributed by atoms with E-state index in [9.17, 15) is 9.59 Å². The van der Waals surface area contributed by atoms with Crippen molar-refractivity contribution in [2.24, 2.45) is 11.6 Å². The number of imidazole rings is 1. The normalized spacial score (nSPS) is 17.1. The van der Waals surface area contributed by atoms with Crippen molar-refractivity contribution in [3.05, 3.63) is 113 Å². The summed E-state index contributed by atoms with van der Waals surface area (Å²) in [5.74, 6) is 2.50. The van der Waals surface area contributed by atoms with Gasteiger partial charge >= 0.3 is 5.97 Å². The number of nitrogens with two attached hydrogens (primary N) is 2. The first-order valence-electron chi connectivity index (χ1n) is 15.4. The van der Waals surface area contributed by atoms with Crippen LogP contribution in [0.3, 0.4) is 0 Å². The SMILES string of the molecule is N/C1=C\N(N)Cc2c(c(F)cc3[nH]ccc23)Oc2ccc(F)c(c2)-c2ncc([nH]2)C(c2cccc(CCC(=O)O)c2F)CCCCC1=O. The number of Topliss-reactive ketones (excluding diaryl/α,β-unsaturated/α-hetero) is 1. The van der Waals surface area contributed by atoms with Crippen molar-refractivity contribution in [1.82, 2.24) is 20.0 Å². The zero-order valence-corrected chi connectivity index (χ0v) is 25.7. The number of aryl methyl sites for hydroxylation is 1. The minimum atomic E-state index is -1.04. The lowest BCUT2D eigenvalue weighted by molar-refractivity contribution is -0.137. The maximum absolute atomic E-state index is 15.9. The van der Waals surface area contributed by atoms with Gasteiger partial charge in [0.05, 0.1) is 17.8 Å². The molecule has 248 valence electrons. The van der Waals surface area contributed by atoms with E-state index in [1.165, 1.54) is 41.7 Å². The van der Waals surface area contributed by atoms with Gasteiger partial charge in [-0.05, 0) is 54.7 Å². The maximum atomic E-state index is 15.9. The number of carboxylic acids is 1. The second-order valence-electron chi connectivity index (χ2n) is 11.7. The Balaban J connectivity index is 1.44. The zero-order chi connectivity index (χ0) is 33.9. The van der Waals surface area contributed by atoms with Crippen LogP contribution in [0.15, 0.2) is 72.8 Å². The smallest absolute Gasteiger partial charge is 0.303 e. The third-order valence-corrected chi connectivity index (χ3v) is 8.46. The molecule has 0 fully saturated rings. The summed E-state index contributed by atoms with van der Waals surface area (Å²) in [6, 6.07) is 11.7. The average molecular weight is 659 g/mol. The highest BCUT2D eigenvalue weighted by Crippen LogP contribution is 2.38. The van der Waals surface area contributed by atoms with E-state index in [0.717, 1.165) is 0 Å². The molecule has 2 aromatic heterocycles. The van der Waals surface area contributed by atoms with Crippen molar-refractivity contribution in [1.29, 1.82) is 0 Å². The van der Waals surface area contributed by atoms with E-state index in [2.05, 4.69) is 15.0 Å². The predicted octanol–water partition coefficient (Wildman–Crippen LogP) is 6.54. The largest absolute Gasteiger partial charge is 0.481 e. The topological polar surface area (TPSA) is 163 Å². The molecule has 3 aromatic carbocycles. The van der Waals surface area contributed by atoms with Gasteiger partial charge in [-0.2, -0.15) is 0 Å². The molecule has 1 aliphatic rings. The number of aromatic nitrogens is 3. The van der Waals surface area contributed by atoms with Crippen LogP contribution in [0.4, 0.5) is 13.2 Å². The number of carbonyl (C=O) groups excluding carboxylic acids is 1. The van der Waals surface area contributed by atoms with Crippen LogP contribution in [-0.4, -0.2) is 36.8 Å². The quantitative estimate of drug-likeness (QED) is 0.136. The second-order valence-corrected chi connectivity index (χ2v) is 11.7. The fourth-order valence-corrected chi connectivity index (χ4v) is 6.05. The molecule has 0 aliphatic carbocycles. The number of ketones is 1. The number of hydrogen-bond donors (Lipinski definition) is 5. The summed E-state index contributed by atoms with van der Waals surface area (Å²) >= 11 is 0. The number of ether oxygens (including phenoxy) is 1. The molecule has 0 amide bonds. The number of fused-ring (bicyclic) bond motifs is 8. The van der Waals surface area contributed by atoms with E-state index in [1.807, 2.05) is 0 Å². The fourth-order valence-electron chi connectivity index (χ4n) is 6.05. The van der Waals surface area contributed by atoms with E-state index >= 15 is 13.2 Å². The summed E-state index contributed by atoms with van der Waals surface area (Å²) in [4.78, 5) is 34.6. The number of hydrogen-bond acceptors (Lipinski definition) is 7. The number of allylic oxidation sites excluding steroid dienone is 1. The number of hydrazine groups is 1. The summed E-state index contributed by atoms with van der Waals surface area (Å²) < 4.78 is 52.7. The van der Waals surface area contributed by atoms with Gasteiger partial charge < -0.3 is 30.6 Å². The van der Waals surface area contributed by atoms with Crippen LogP contribution < -0.4 is 16.3 Å². The fraction of sp³-hybridized carbons (Fsp3) is 0.229. The second kappa shape index (κ2) is 13.7. The number of nitrogens with one attached hydrogen (secondary N) is 2. The van der Waals surface area contributed by atoms with Crippen molar-refractivity contribution < 1.29 is 32.6 Å². The summed E-state index contributed by atoms with van der Waals surface area (Å²) in [6.45, 7) is -0.0796. The Labute approximate surface area is 273 Å². The molecule has 7 N–H and O–H groups in total. The van der Waals surface area contributed by atoms with E-state index in [-0.39, 0.29) is 65.7 Å². The molecule has 6 rings (SSSR count). The molecule has 1 atom stereocenters. The highest BCUT2D eigenvalue weighted by atomic mass is 19.1. The standard InChI is InChI=1S/C35H33F3N6O4/c36-26-10-9-20-14-24(26)35-42-16-30(43-35)21(23-6-3-4-19(33(23)38)8-11-32(46)47)5-1-2-7-31(45)28(39)18-44(40)17-25-22-12-13-41-29(22)15-27(37)34(25)48-20/h3-4,6,9-10,12-16,18,21,41H,1-2,5,7-8,11,17,39-40H2,(H,42,43)(H,46,47)/b28-18-. The van der Waals surface area contributed by atoms with Crippen molar-refractivity contribution in [3.8, 4) is 22.9 Å². The lowest BCUT2D eigenvalue weighted by Crippen LogP contribution is -2.28. The highest BCUT2D eigenvalue weighted by Gasteiger charge is 2.24. The number of nitrogens with zero attached hydrogens (tertiary/aromatic N) is 2. The Morgan fingerprint density at radius 3 is 2.75 bits per heavy atom. The number of H-pyrrole nitrogens is 2. The molecule has 0 spiro atoms. The molecular weight excluding hydrogens is 625 g/mol. The molecule has 0 radical (unpaired) electrons. The number of halogens is 3. The average Bonchev–Trinajstić information content (AvgIpc) is 3.73. The van der Waals surface area contributed by atoms with Gasteiger partial charge in [0, 0.05) is 65.6 Å². The highest BCUT2D eigenvalue weighted by molar-refractivity contribution is 5.94. The Morgan fingerprint density at radius 2 is 1.94 bits per heavy atom. The van der Waals surface area contributed by atoms with Crippen molar-refractivity contribution >= 4 is 22.7 Å². The number of carboxylic acid groups (broad SMARTS) is 1. The molecule has 13 heteroatoms. The molecule has 3 heterocycles. The molecule has 5 aromatic rings. The van der Waals surface area contributed by atoms with Gasteiger partial charge in [0.2, 0.25) is 0 Å². The predicted molar refractivity (Wildman–Crippen MR) is 172 cm³/mol. The van der Waals surface area contributed by atoms with E-state index in [4.69, 9.17) is 21.4 Å². The first-order valence-corrected chi connectivity index (χ1v) is 15.4. The Hall–Kier alpha value is -5.56. The van der Waals surface area contributed by atoms with Gasteiger partial charge in [-0.25, -0.2) is 24.0 Å². The van der Waals surface area contributed by atoms with Gasteiger partial charge in [-0.3, -0.25) is 9.59 Å². The lowest BCUT2D eigenvalue weighted by Gasteiger charge is -2.19. The van der Waals surface area contributed by atoms with E-state index < -0.39 is 29.3 Å². The van der Waals surface area contributed by atoms with E-state index in [0.29, 0.717) is 47.0 Å². The molecular formula is C35H33F3N6O4. The lowest BCUT2D eigenvalue weighted by atomic mass is 9.88. The van der Waals surface area contributed by atoms with Crippen LogP contribution in [0.5, 0.6) is 11.5 Å². The molecule has 1 unspecified atom stereocenters. The zero-order valence-electron chi connectivity index (χ0n) is 25.7. The minimum Gasteiger partial charge on any atom is -0.481 e. The third kappa shape index (κ3) is 6.76. The van der Waals surface area contributed by atoms with Crippen molar-refractivity contribution in [2.75, 3.05) is 0 Å². The van der Waals surface area contributed by atoms with Crippen LogP contribution >= 0.6 is 0 Å². The van der Waals surface area contributed by atoms with Crippen molar-refractivity contribution in [3.63, 3.8) is 0 Å². The van der Waals surface area contributed by atoms with Crippen LogP contribution in [0.1, 0.15) is 60.4 Å². The molecule has 0 saturated carbocycles. The van der Waals surface area contributed by atoms with Gasteiger partial charge in [0.1, 0.15) is 23.2 Å². The Kier molecular flexibility index (Phi) is 9.21. The first-order chi connectivity index (χ1) is 23.1. The van der Waals surface area contributed by atoms with E-state index in [1.54, 1.807) is 30.5 Å². The van der Waals surface area contributed by atoms with Gasteiger partial charge in [-0.1, -0.05) is 24.6 Å². The molecule has 1 aliphatic heterocycles. The van der Waals surface area contributed by atoms with Gasteiger partial charge in [-0.15, -0.1) is 0 Å². The molecule has 4 bridgehead atoms.